The van der Waals surface area contributed by atoms with Crippen molar-refractivity contribution in [2.75, 3.05) is 5.32 Å². The van der Waals surface area contributed by atoms with Gasteiger partial charge in [-0.2, -0.15) is 5.26 Å². The van der Waals surface area contributed by atoms with E-state index in [1.165, 1.54) is 19.3 Å². The maximum atomic E-state index is 9.00. The van der Waals surface area contributed by atoms with E-state index in [1.54, 1.807) is 0 Å². The van der Waals surface area contributed by atoms with E-state index in [-0.39, 0.29) is 0 Å². The Labute approximate surface area is 123 Å². The molecule has 0 unspecified atom stereocenters. The lowest BCUT2D eigenvalue weighted by Crippen LogP contribution is -2.40. The fraction of sp³-hybridized carbons (Fsp3) is 0.611. The second kappa shape index (κ2) is 5.13. The molecule has 2 rings (SSSR count). The van der Waals surface area contributed by atoms with Crippen LogP contribution in [-0.4, -0.2) is 6.04 Å². The van der Waals surface area contributed by atoms with E-state index in [0.717, 1.165) is 16.8 Å². The van der Waals surface area contributed by atoms with Gasteiger partial charge in [0.1, 0.15) is 0 Å². The third kappa shape index (κ3) is 3.54. The second-order valence-electron chi connectivity index (χ2n) is 7.90. The van der Waals surface area contributed by atoms with Gasteiger partial charge in [0.2, 0.25) is 0 Å². The van der Waals surface area contributed by atoms with Gasteiger partial charge in [-0.15, -0.1) is 0 Å². The van der Waals surface area contributed by atoms with Gasteiger partial charge in [-0.3, -0.25) is 0 Å². The summed E-state index contributed by atoms with van der Waals surface area (Å²) in [7, 11) is 0. The van der Waals surface area contributed by atoms with Crippen LogP contribution in [0, 0.1) is 29.1 Å². The van der Waals surface area contributed by atoms with Crippen LogP contribution in [-0.2, 0) is 0 Å². The molecule has 0 bridgehead atoms. The fourth-order valence-corrected chi connectivity index (χ4v) is 4.06. The highest BCUT2D eigenvalue weighted by molar-refractivity contribution is 5.52. The summed E-state index contributed by atoms with van der Waals surface area (Å²) >= 11 is 0. The van der Waals surface area contributed by atoms with Gasteiger partial charge >= 0.3 is 0 Å². The summed E-state index contributed by atoms with van der Waals surface area (Å²) in [5.41, 5.74) is 3.73. The minimum atomic E-state index is 0.390. The summed E-state index contributed by atoms with van der Waals surface area (Å²) in [4.78, 5) is 0. The molecule has 0 aliphatic heterocycles. The lowest BCUT2D eigenvalue weighted by Gasteiger charge is -2.45. The quantitative estimate of drug-likeness (QED) is 0.831. The fourth-order valence-electron chi connectivity index (χ4n) is 4.06. The van der Waals surface area contributed by atoms with Gasteiger partial charge in [0.05, 0.1) is 11.6 Å². The summed E-state index contributed by atoms with van der Waals surface area (Å²) in [5, 5.41) is 12.7. The molecule has 1 N–H and O–H groups in total. The Kier molecular flexibility index (Phi) is 3.82. The van der Waals surface area contributed by atoms with Gasteiger partial charge in [-0.25, -0.2) is 0 Å². The van der Waals surface area contributed by atoms with Gasteiger partial charge in [0.25, 0.3) is 0 Å². The van der Waals surface area contributed by atoms with Crippen molar-refractivity contribution in [3.8, 4) is 6.07 Å². The molecule has 1 aromatic carbocycles. The molecule has 0 aromatic heterocycles. The average molecular weight is 270 g/mol. The van der Waals surface area contributed by atoms with Gasteiger partial charge in [-0.1, -0.05) is 27.7 Å². The molecule has 0 amide bonds. The van der Waals surface area contributed by atoms with E-state index >= 15 is 0 Å². The third-order valence-corrected chi connectivity index (χ3v) is 4.27. The molecule has 1 aliphatic rings. The number of hydrogen-bond acceptors (Lipinski definition) is 2. The van der Waals surface area contributed by atoms with E-state index in [2.05, 4.69) is 45.1 Å². The standard InChI is InChI=1S/C18H26N2/c1-13-8-15(7-6-14(13)11-19)20-16-9-17(2,3)12-18(4,5)10-16/h6-8,16,20H,9-10,12H2,1-5H3. The maximum absolute atomic E-state index is 9.00. The monoisotopic (exact) mass is 270 g/mol. The van der Waals surface area contributed by atoms with E-state index in [1.807, 2.05) is 19.1 Å². The lowest BCUT2D eigenvalue weighted by molar-refractivity contribution is 0.105. The molecule has 1 saturated carbocycles. The topological polar surface area (TPSA) is 35.8 Å². The summed E-state index contributed by atoms with van der Waals surface area (Å²) in [5.74, 6) is 0. The van der Waals surface area contributed by atoms with Crippen LogP contribution < -0.4 is 5.32 Å². The molecular formula is C18H26N2. The van der Waals surface area contributed by atoms with Gasteiger partial charge in [0, 0.05) is 11.7 Å². The van der Waals surface area contributed by atoms with Gasteiger partial charge in [-0.05, 0) is 60.8 Å². The van der Waals surface area contributed by atoms with Gasteiger partial charge < -0.3 is 5.32 Å². The second-order valence-corrected chi connectivity index (χ2v) is 7.90. The Morgan fingerprint density at radius 1 is 1.15 bits per heavy atom. The molecule has 1 aromatic rings. The summed E-state index contributed by atoms with van der Waals surface area (Å²) < 4.78 is 0. The van der Waals surface area contributed by atoms with Crippen LogP contribution >= 0.6 is 0 Å². The zero-order valence-corrected chi connectivity index (χ0v) is 13.4. The van der Waals surface area contributed by atoms with Crippen molar-refractivity contribution in [2.24, 2.45) is 10.8 Å². The first-order valence-corrected chi connectivity index (χ1v) is 7.48. The van der Waals surface area contributed by atoms with Gasteiger partial charge in [0.15, 0.2) is 0 Å². The first kappa shape index (κ1) is 14.9. The van der Waals surface area contributed by atoms with Crippen LogP contribution in [0.3, 0.4) is 0 Å². The SMILES string of the molecule is Cc1cc(NC2CC(C)(C)CC(C)(C)C2)ccc1C#N. The summed E-state index contributed by atoms with van der Waals surface area (Å²) in [6, 6.07) is 8.77. The van der Waals surface area contributed by atoms with Crippen molar-refractivity contribution >= 4 is 5.69 Å². The number of anilines is 1. The summed E-state index contributed by atoms with van der Waals surface area (Å²) in [6.45, 7) is 11.5. The number of benzene rings is 1. The predicted molar refractivity (Wildman–Crippen MR) is 84.7 cm³/mol. The van der Waals surface area contributed by atoms with E-state index in [4.69, 9.17) is 5.26 Å². The normalized spacial score (nSPS) is 21.2. The van der Waals surface area contributed by atoms with Crippen molar-refractivity contribution < 1.29 is 0 Å². The number of aryl methyl sites for hydroxylation is 1. The number of nitriles is 1. The number of nitrogens with zero attached hydrogens (tertiary/aromatic N) is 1. The predicted octanol–water partition coefficient (Wildman–Crippen LogP) is 4.88. The molecule has 0 radical (unpaired) electrons. The van der Waals surface area contributed by atoms with Crippen LogP contribution in [0.1, 0.15) is 58.1 Å². The smallest absolute Gasteiger partial charge is 0.0994 e. The van der Waals surface area contributed by atoms with Crippen LogP contribution in [0.4, 0.5) is 5.69 Å². The van der Waals surface area contributed by atoms with Crippen molar-refractivity contribution in [3.63, 3.8) is 0 Å². The largest absolute Gasteiger partial charge is 0.382 e. The van der Waals surface area contributed by atoms with Crippen molar-refractivity contribution in [3.05, 3.63) is 29.3 Å². The zero-order valence-electron chi connectivity index (χ0n) is 13.4. The molecule has 20 heavy (non-hydrogen) atoms. The highest BCUT2D eigenvalue weighted by atomic mass is 14.9. The number of nitrogens with one attached hydrogen (secondary N) is 1. The first-order valence-electron chi connectivity index (χ1n) is 7.48. The molecule has 108 valence electrons. The molecule has 0 spiro atoms. The molecular weight excluding hydrogens is 244 g/mol. The Hall–Kier alpha value is -1.49. The zero-order chi connectivity index (χ0) is 15.0. The van der Waals surface area contributed by atoms with Crippen molar-refractivity contribution in [2.45, 2.75) is 59.9 Å². The van der Waals surface area contributed by atoms with Crippen LogP contribution in [0.5, 0.6) is 0 Å². The van der Waals surface area contributed by atoms with E-state index < -0.39 is 0 Å². The molecule has 1 aliphatic carbocycles. The van der Waals surface area contributed by atoms with Crippen LogP contribution in [0.2, 0.25) is 0 Å². The highest BCUT2D eigenvalue weighted by Gasteiger charge is 2.38. The van der Waals surface area contributed by atoms with Crippen molar-refractivity contribution in [1.29, 1.82) is 5.26 Å². The Bertz CT molecular complexity index is 519. The highest BCUT2D eigenvalue weighted by Crippen LogP contribution is 2.46. The van der Waals surface area contributed by atoms with Crippen LogP contribution in [0.25, 0.3) is 0 Å². The molecule has 2 heteroatoms. The summed E-state index contributed by atoms with van der Waals surface area (Å²) in [6.07, 6.45) is 3.69. The van der Waals surface area contributed by atoms with Crippen LogP contribution in [0.15, 0.2) is 18.2 Å². The maximum Gasteiger partial charge on any atom is 0.0994 e. The molecule has 2 nitrogen and oxygen atoms in total. The number of rotatable bonds is 2. The average Bonchev–Trinajstić information content (AvgIpc) is 2.24. The third-order valence-electron chi connectivity index (χ3n) is 4.27. The minimum absolute atomic E-state index is 0.390. The Morgan fingerprint density at radius 3 is 2.25 bits per heavy atom. The first-order chi connectivity index (χ1) is 9.21. The molecule has 1 fully saturated rings. The molecule has 0 atom stereocenters. The molecule has 0 saturated heterocycles. The van der Waals surface area contributed by atoms with Crippen molar-refractivity contribution in [1.82, 2.24) is 0 Å². The molecule has 0 heterocycles. The lowest BCUT2D eigenvalue weighted by atomic mass is 9.63. The number of hydrogen-bond donors (Lipinski definition) is 1. The minimum Gasteiger partial charge on any atom is -0.382 e. The Morgan fingerprint density at radius 2 is 1.75 bits per heavy atom. The van der Waals surface area contributed by atoms with E-state index in [9.17, 15) is 0 Å². The Balaban J connectivity index is 2.14. The van der Waals surface area contributed by atoms with E-state index in [0.29, 0.717) is 16.9 Å².